The molecule has 0 atom stereocenters. The molecule has 2 heterocycles. The Morgan fingerprint density at radius 3 is 2.47 bits per heavy atom. The van der Waals surface area contributed by atoms with E-state index in [-0.39, 0.29) is 11.3 Å². The molecular formula is C21H26N4O3S2. The number of aromatic nitrogens is 2. The Kier molecular flexibility index (Phi) is 8.61. The number of anilines is 1. The van der Waals surface area contributed by atoms with Gasteiger partial charge in [-0.25, -0.2) is 9.97 Å². The molecule has 0 saturated heterocycles. The summed E-state index contributed by atoms with van der Waals surface area (Å²) in [6.45, 7) is 8.33. The summed E-state index contributed by atoms with van der Waals surface area (Å²) in [6.07, 6.45) is 5.12. The maximum Gasteiger partial charge on any atom is 0.248 e. The number of thioether (sulfide) groups is 1. The van der Waals surface area contributed by atoms with E-state index in [0.717, 1.165) is 16.4 Å². The molecule has 9 heteroatoms. The first-order valence-electron chi connectivity index (χ1n) is 9.35. The number of hydrogen-bond acceptors (Lipinski definition) is 7. The summed E-state index contributed by atoms with van der Waals surface area (Å²) < 4.78 is 6.72. The summed E-state index contributed by atoms with van der Waals surface area (Å²) in [4.78, 5) is 29.2. The van der Waals surface area contributed by atoms with Crippen molar-refractivity contribution in [1.82, 2.24) is 9.97 Å². The van der Waals surface area contributed by atoms with Crippen LogP contribution >= 0.6 is 23.1 Å². The van der Waals surface area contributed by atoms with Crippen molar-refractivity contribution in [3.05, 3.63) is 59.4 Å². The van der Waals surface area contributed by atoms with Crippen molar-refractivity contribution in [3.63, 3.8) is 0 Å². The molecule has 3 aromatic rings. The first-order valence-corrected chi connectivity index (χ1v) is 11.2. The van der Waals surface area contributed by atoms with E-state index in [1.54, 1.807) is 36.3 Å². The second-order valence-corrected chi connectivity index (χ2v) is 9.62. The monoisotopic (exact) mass is 446 g/mol. The quantitative estimate of drug-likeness (QED) is 0.404. The van der Waals surface area contributed by atoms with Gasteiger partial charge in [-0.1, -0.05) is 51.2 Å². The molecule has 30 heavy (non-hydrogen) atoms. The van der Waals surface area contributed by atoms with Crippen molar-refractivity contribution in [1.29, 1.82) is 0 Å². The van der Waals surface area contributed by atoms with E-state index in [4.69, 9.17) is 10.2 Å². The van der Waals surface area contributed by atoms with Crippen LogP contribution in [-0.4, -0.2) is 22.3 Å². The van der Waals surface area contributed by atoms with E-state index >= 15 is 0 Å². The minimum absolute atomic E-state index is 0.0263. The largest absolute Gasteiger partial charge is 0.444 e. The van der Waals surface area contributed by atoms with Crippen LogP contribution in [-0.2, 0) is 22.4 Å². The number of amides is 2. The average molecular weight is 447 g/mol. The highest BCUT2D eigenvalue weighted by Gasteiger charge is 2.19. The number of carbonyl (C=O) groups excluding carboxylic acids is 2. The van der Waals surface area contributed by atoms with Crippen LogP contribution in [0.5, 0.6) is 0 Å². The van der Waals surface area contributed by atoms with E-state index in [2.05, 4.69) is 43.0 Å². The molecule has 7 nitrogen and oxygen atoms in total. The summed E-state index contributed by atoms with van der Waals surface area (Å²) >= 11 is 3.02. The number of nitrogens with zero attached hydrogens (tertiary/aromatic N) is 2. The van der Waals surface area contributed by atoms with E-state index in [1.165, 1.54) is 16.9 Å². The van der Waals surface area contributed by atoms with Gasteiger partial charge in [-0.2, -0.15) is 0 Å². The third-order valence-corrected chi connectivity index (χ3v) is 6.05. The highest BCUT2D eigenvalue weighted by molar-refractivity contribution is 8.00. The number of benzene rings is 1. The molecule has 0 aliphatic carbocycles. The number of nitrogens with one attached hydrogen (secondary N) is 1. The van der Waals surface area contributed by atoms with Crippen LogP contribution in [0.25, 0.3) is 0 Å². The van der Waals surface area contributed by atoms with Gasteiger partial charge in [0.15, 0.2) is 5.13 Å². The molecule has 3 N–H and O–H groups in total. The lowest BCUT2D eigenvalue weighted by Gasteiger charge is -2.12. The second kappa shape index (κ2) is 10.9. The van der Waals surface area contributed by atoms with Crippen molar-refractivity contribution < 1.29 is 14.0 Å². The van der Waals surface area contributed by atoms with Crippen molar-refractivity contribution in [2.24, 2.45) is 5.73 Å². The second-order valence-electron chi connectivity index (χ2n) is 7.32. The standard InChI is InChI=1S/C12H15N3O2S2.C9H11NO/c1-12(2,3)8-4-13-9(17-8)6-18-10-5-14-11(19-10)15-7-16;1-2-7-3-5-8(6-4-7)9(10)11/h4-5,7H,6H2,1-3H3,(H,14,15,16);3-6H,2H2,1H3,(H2,10,11). The molecule has 1 aromatic carbocycles. The van der Waals surface area contributed by atoms with Gasteiger partial charge in [0, 0.05) is 11.0 Å². The Hall–Kier alpha value is -2.65. The van der Waals surface area contributed by atoms with Crippen molar-refractivity contribution in [2.45, 2.75) is 49.5 Å². The normalized spacial score (nSPS) is 10.8. The lowest BCUT2D eigenvalue weighted by Crippen LogP contribution is -2.10. The van der Waals surface area contributed by atoms with Gasteiger partial charge in [-0.3, -0.25) is 9.59 Å². The van der Waals surface area contributed by atoms with E-state index in [1.807, 2.05) is 12.1 Å². The van der Waals surface area contributed by atoms with Gasteiger partial charge in [0.2, 0.25) is 18.2 Å². The molecule has 0 aliphatic heterocycles. The highest BCUT2D eigenvalue weighted by Crippen LogP contribution is 2.31. The molecule has 2 aromatic heterocycles. The minimum atomic E-state index is -0.368. The zero-order valence-corrected chi connectivity index (χ0v) is 19.1. The first kappa shape index (κ1) is 23.6. The SMILES string of the molecule is CC(C)(C)c1cnc(CSc2cnc(NC=O)s2)o1.CCc1ccc(C(N)=O)cc1. The Balaban J connectivity index is 0.000000248. The number of oxazole rings is 1. The predicted octanol–water partition coefficient (Wildman–Crippen LogP) is 4.64. The number of hydrogen-bond donors (Lipinski definition) is 2. The lowest BCUT2D eigenvalue weighted by molar-refractivity contribution is -0.105. The molecule has 0 unspecified atom stereocenters. The molecule has 0 saturated carbocycles. The fraction of sp³-hybridized carbons (Fsp3) is 0.333. The van der Waals surface area contributed by atoms with Crippen LogP contribution in [0.15, 0.2) is 45.3 Å². The van der Waals surface area contributed by atoms with Crippen LogP contribution in [0.4, 0.5) is 5.13 Å². The maximum absolute atomic E-state index is 10.6. The molecule has 0 aliphatic rings. The van der Waals surface area contributed by atoms with E-state index < -0.39 is 0 Å². The minimum Gasteiger partial charge on any atom is -0.444 e. The number of rotatable bonds is 7. The average Bonchev–Trinajstić information content (AvgIpc) is 3.36. The molecule has 160 valence electrons. The Morgan fingerprint density at radius 2 is 1.93 bits per heavy atom. The Labute approximate surface area is 184 Å². The smallest absolute Gasteiger partial charge is 0.248 e. The summed E-state index contributed by atoms with van der Waals surface area (Å²) in [6, 6.07) is 7.34. The molecule has 2 amide bonds. The number of aryl methyl sites for hydroxylation is 1. The third-order valence-electron chi connectivity index (χ3n) is 3.94. The number of carbonyl (C=O) groups is 2. The zero-order valence-electron chi connectivity index (χ0n) is 17.5. The van der Waals surface area contributed by atoms with Crippen LogP contribution in [0.1, 0.15) is 55.3 Å². The molecule has 0 radical (unpaired) electrons. The fourth-order valence-corrected chi connectivity index (χ4v) is 3.89. The summed E-state index contributed by atoms with van der Waals surface area (Å²) in [7, 11) is 0. The van der Waals surface area contributed by atoms with Crippen molar-refractivity contribution >= 4 is 40.5 Å². The molecule has 3 rings (SSSR count). The van der Waals surface area contributed by atoms with Crippen LogP contribution in [0.3, 0.4) is 0 Å². The lowest BCUT2D eigenvalue weighted by atomic mass is 9.94. The maximum atomic E-state index is 10.6. The molecule has 0 spiro atoms. The zero-order chi connectivity index (χ0) is 22.1. The molecule has 0 fully saturated rings. The Morgan fingerprint density at radius 1 is 1.23 bits per heavy atom. The van der Waals surface area contributed by atoms with Gasteiger partial charge in [-0.15, -0.1) is 11.8 Å². The number of primary amides is 1. The third kappa shape index (κ3) is 7.31. The first-order chi connectivity index (χ1) is 14.2. The van der Waals surface area contributed by atoms with Gasteiger partial charge in [0.05, 0.1) is 22.4 Å². The van der Waals surface area contributed by atoms with Gasteiger partial charge < -0.3 is 15.5 Å². The summed E-state index contributed by atoms with van der Waals surface area (Å²) in [5.74, 6) is 1.87. The number of nitrogens with two attached hydrogens (primary N) is 1. The van der Waals surface area contributed by atoms with Gasteiger partial charge >= 0.3 is 0 Å². The summed E-state index contributed by atoms with van der Waals surface area (Å²) in [5.41, 5.74) is 6.83. The number of thiazole rings is 1. The van der Waals surface area contributed by atoms with Gasteiger partial charge in [0.1, 0.15) is 5.76 Å². The fourth-order valence-electron chi connectivity index (χ4n) is 2.20. The van der Waals surface area contributed by atoms with Gasteiger partial charge in [0.25, 0.3) is 0 Å². The van der Waals surface area contributed by atoms with Crippen LogP contribution < -0.4 is 11.1 Å². The highest BCUT2D eigenvalue weighted by atomic mass is 32.2. The summed E-state index contributed by atoms with van der Waals surface area (Å²) in [5, 5.41) is 3.12. The van der Waals surface area contributed by atoms with E-state index in [9.17, 15) is 9.59 Å². The van der Waals surface area contributed by atoms with Crippen LogP contribution in [0.2, 0.25) is 0 Å². The molecule has 0 bridgehead atoms. The van der Waals surface area contributed by atoms with Gasteiger partial charge in [-0.05, 0) is 24.1 Å². The van der Waals surface area contributed by atoms with Crippen LogP contribution in [0, 0.1) is 0 Å². The van der Waals surface area contributed by atoms with Crippen molar-refractivity contribution in [3.8, 4) is 0 Å². The molecular weight excluding hydrogens is 420 g/mol. The Bertz CT molecular complexity index is 959. The topological polar surface area (TPSA) is 111 Å². The van der Waals surface area contributed by atoms with Crippen molar-refractivity contribution in [2.75, 3.05) is 5.32 Å². The predicted molar refractivity (Wildman–Crippen MR) is 121 cm³/mol. The van der Waals surface area contributed by atoms with E-state index in [0.29, 0.717) is 28.7 Å².